The lowest BCUT2D eigenvalue weighted by molar-refractivity contribution is -0.126. The van der Waals surface area contributed by atoms with Crippen molar-refractivity contribution in [3.05, 3.63) is 25.3 Å². The van der Waals surface area contributed by atoms with E-state index in [0.717, 1.165) is 17.3 Å². The number of alkyl halides is 1. The number of nitrogens with two attached hydrogens (primary N) is 1. The van der Waals surface area contributed by atoms with E-state index in [1.165, 1.54) is 12.2 Å². The zero-order chi connectivity index (χ0) is 14.7. The molecule has 0 aliphatic heterocycles. The van der Waals surface area contributed by atoms with E-state index >= 15 is 0 Å². The van der Waals surface area contributed by atoms with Crippen LogP contribution in [0, 0.1) is 0 Å². The first-order chi connectivity index (χ1) is 9.04. The molecule has 2 amide bonds. The number of hydrogen-bond acceptors (Lipinski definition) is 3. The summed E-state index contributed by atoms with van der Waals surface area (Å²) in [5.41, 5.74) is 5.98. The third kappa shape index (κ3) is 8.77. The van der Waals surface area contributed by atoms with Crippen molar-refractivity contribution in [3.63, 3.8) is 0 Å². The van der Waals surface area contributed by atoms with Crippen LogP contribution in [0.1, 0.15) is 12.8 Å². The van der Waals surface area contributed by atoms with Crippen LogP contribution in [0.2, 0.25) is 0 Å². The van der Waals surface area contributed by atoms with Gasteiger partial charge in [0.05, 0.1) is 0 Å². The molecule has 0 bridgehead atoms. The predicted molar refractivity (Wildman–Crippen MR) is 86.1 cm³/mol. The topological polar surface area (TPSA) is 75.4 Å². The molecule has 1 unspecified atom stereocenters. The van der Waals surface area contributed by atoms with E-state index in [4.69, 9.17) is 5.73 Å². The summed E-state index contributed by atoms with van der Waals surface area (Å²) in [5, 5.41) is 2.63. The second kappa shape index (κ2) is 11.0. The summed E-state index contributed by atoms with van der Waals surface area (Å²) in [6, 6.07) is -0.0474. The van der Waals surface area contributed by atoms with Gasteiger partial charge in [0.2, 0.25) is 11.8 Å². The fourth-order valence-corrected chi connectivity index (χ4v) is 1.96. The Hall–Kier alpha value is -0.890. The highest BCUT2D eigenvalue weighted by atomic mass is 127. The first kappa shape index (κ1) is 18.1. The quantitative estimate of drug-likeness (QED) is 0.336. The Morgan fingerprint density at radius 3 is 2.58 bits per heavy atom. The highest BCUT2D eigenvalue weighted by molar-refractivity contribution is 14.1. The Kier molecular flexibility index (Phi) is 10.5. The van der Waals surface area contributed by atoms with E-state index in [1.54, 1.807) is 4.90 Å². The zero-order valence-electron chi connectivity index (χ0n) is 11.1. The molecular formula is C13H22IN3O2. The van der Waals surface area contributed by atoms with Crippen LogP contribution in [-0.2, 0) is 9.59 Å². The van der Waals surface area contributed by atoms with Gasteiger partial charge in [-0.1, -0.05) is 35.7 Å². The summed E-state index contributed by atoms with van der Waals surface area (Å²) in [4.78, 5) is 24.3. The maximum Gasteiger partial charge on any atom is 0.246 e. The third-order valence-corrected chi connectivity index (χ3v) is 3.28. The van der Waals surface area contributed by atoms with Crippen LogP contribution in [-0.4, -0.2) is 46.8 Å². The SMILES string of the molecule is C=CC(=O)NCCN(CC(N)CCCI)C(=O)C=C. The van der Waals surface area contributed by atoms with Crippen molar-refractivity contribution in [2.75, 3.05) is 24.1 Å². The summed E-state index contributed by atoms with van der Waals surface area (Å²) in [6.45, 7) is 8.11. The van der Waals surface area contributed by atoms with E-state index in [2.05, 4.69) is 41.1 Å². The smallest absolute Gasteiger partial charge is 0.246 e. The number of carbonyl (C=O) groups excluding carboxylic acids is 2. The minimum absolute atomic E-state index is 0.0474. The van der Waals surface area contributed by atoms with Crippen molar-refractivity contribution >= 4 is 34.4 Å². The third-order valence-electron chi connectivity index (χ3n) is 2.52. The first-order valence-corrected chi connectivity index (χ1v) is 7.70. The molecule has 0 saturated carbocycles. The Bertz CT molecular complexity index is 321. The molecule has 0 rings (SSSR count). The molecule has 6 heteroatoms. The van der Waals surface area contributed by atoms with Crippen LogP contribution < -0.4 is 11.1 Å². The van der Waals surface area contributed by atoms with Gasteiger partial charge in [0.25, 0.3) is 0 Å². The van der Waals surface area contributed by atoms with E-state index in [0.29, 0.717) is 19.6 Å². The average molecular weight is 379 g/mol. The van der Waals surface area contributed by atoms with Gasteiger partial charge in [0.1, 0.15) is 0 Å². The second-order valence-electron chi connectivity index (χ2n) is 4.07. The van der Waals surface area contributed by atoms with Gasteiger partial charge >= 0.3 is 0 Å². The van der Waals surface area contributed by atoms with Gasteiger partial charge in [0, 0.05) is 25.7 Å². The molecule has 0 aliphatic rings. The summed E-state index contributed by atoms with van der Waals surface area (Å²) >= 11 is 2.30. The molecule has 0 aliphatic carbocycles. The van der Waals surface area contributed by atoms with Crippen LogP contribution in [0.3, 0.4) is 0 Å². The maximum absolute atomic E-state index is 11.7. The molecule has 19 heavy (non-hydrogen) atoms. The van der Waals surface area contributed by atoms with Crippen LogP contribution >= 0.6 is 22.6 Å². The number of hydrogen-bond donors (Lipinski definition) is 2. The van der Waals surface area contributed by atoms with E-state index in [1.807, 2.05) is 0 Å². The van der Waals surface area contributed by atoms with Gasteiger partial charge < -0.3 is 16.0 Å². The average Bonchev–Trinajstić information content (AvgIpc) is 2.42. The molecular weight excluding hydrogens is 357 g/mol. The molecule has 108 valence electrons. The van der Waals surface area contributed by atoms with Crippen molar-refractivity contribution in [2.24, 2.45) is 5.73 Å². The molecule has 0 aromatic carbocycles. The summed E-state index contributed by atoms with van der Waals surface area (Å²) < 4.78 is 1.05. The summed E-state index contributed by atoms with van der Waals surface area (Å²) in [7, 11) is 0. The van der Waals surface area contributed by atoms with Gasteiger partial charge in [-0.2, -0.15) is 0 Å². The normalized spacial score (nSPS) is 11.5. The highest BCUT2D eigenvalue weighted by Crippen LogP contribution is 2.01. The first-order valence-electron chi connectivity index (χ1n) is 6.18. The molecule has 1 atom stereocenters. The number of rotatable bonds is 10. The largest absolute Gasteiger partial charge is 0.351 e. The molecule has 0 spiro atoms. The Morgan fingerprint density at radius 2 is 2.05 bits per heavy atom. The Labute approximate surface area is 128 Å². The minimum Gasteiger partial charge on any atom is -0.351 e. The van der Waals surface area contributed by atoms with Crippen molar-refractivity contribution < 1.29 is 9.59 Å². The van der Waals surface area contributed by atoms with Crippen molar-refractivity contribution in [1.29, 1.82) is 0 Å². The molecule has 3 N–H and O–H groups in total. The molecule has 0 aromatic rings. The minimum atomic E-state index is -0.250. The summed E-state index contributed by atoms with van der Waals surface area (Å²) in [5.74, 6) is -0.419. The van der Waals surface area contributed by atoms with Crippen LogP contribution in [0.15, 0.2) is 25.3 Å². The Morgan fingerprint density at radius 1 is 1.37 bits per heavy atom. The molecule has 5 nitrogen and oxygen atoms in total. The van der Waals surface area contributed by atoms with Crippen molar-refractivity contribution in [1.82, 2.24) is 10.2 Å². The Balaban J connectivity index is 4.22. The van der Waals surface area contributed by atoms with E-state index in [-0.39, 0.29) is 17.9 Å². The number of halogens is 1. The molecule has 0 heterocycles. The lowest BCUT2D eigenvalue weighted by Gasteiger charge is -2.24. The van der Waals surface area contributed by atoms with Gasteiger partial charge in [-0.25, -0.2) is 0 Å². The van der Waals surface area contributed by atoms with E-state index in [9.17, 15) is 9.59 Å². The van der Waals surface area contributed by atoms with Gasteiger partial charge in [-0.3, -0.25) is 9.59 Å². The van der Waals surface area contributed by atoms with Crippen LogP contribution in [0.4, 0.5) is 0 Å². The van der Waals surface area contributed by atoms with Gasteiger partial charge in [0.15, 0.2) is 0 Å². The van der Waals surface area contributed by atoms with E-state index < -0.39 is 0 Å². The molecule has 0 radical (unpaired) electrons. The fourth-order valence-electron chi connectivity index (χ4n) is 1.52. The van der Waals surface area contributed by atoms with Crippen molar-refractivity contribution in [2.45, 2.75) is 18.9 Å². The summed E-state index contributed by atoms with van der Waals surface area (Å²) in [6.07, 6.45) is 4.38. The van der Waals surface area contributed by atoms with Crippen LogP contribution in [0.5, 0.6) is 0 Å². The maximum atomic E-state index is 11.7. The predicted octanol–water partition coefficient (Wildman–Crippen LogP) is 0.846. The lowest BCUT2D eigenvalue weighted by atomic mass is 10.1. The number of carbonyl (C=O) groups is 2. The standard InChI is InChI=1S/C13H22IN3O2/c1-3-12(18)16-8-9-17(13(19)4-2)10-11(15)6-5-7-14/h3-4,11H,1-2,5-10,15H2,(H,16,18). The van der Waals surface area contributed by atoms with Gasteiger partial charge in [-0.05, 0) is 29.4 Å². The van der Waals surface area contributed by atoms with Gasteiger partial charge in [-0.15, -0.1) is 0 Å². The zero-order valence-corrected chi connectivity index (χ0v) is 13.3. The molecule has 0 aromatic heterocycles. The molecule has 0 fully saturated rings. The van der Waals surface area contributed by atoms with Crippen LogP contribution in [0.25, 0.3) is 0 Å². The second-order valence-corrected chi connectivity index (χ2v) is 5.15. The molecule has 0 saturated heterocycles. The van der Waals surface area contributed by atoms with Crippen molar-refractivity contribution in [3.8, 4) is 0 Å². The number of nitrogens with one attached hydrogen (secondary N) is 1. The fraction of sp³-hybridized carbons (Fsp3) is 0.538. The number of amides is 2. The lowest BCUT2D eigenvalue weighted by Crippen LogP contribution is -2.44. The monoisotopic (exact) mass is 379 g/mol. The highest BCUT2D eigenvalue weighted by Gasteiger charge is 2.14. The number of nitrogens with zero attached hydrogens (tertiary/aromatic N) is 1.